The first-order valence-corrected chi connectivity index (χ1v) is 14.5. The second-order valence-electron chi connectivity index (χ2n) is 13.3. The van der Waals surface area contributed by atoms with Gasteiger partial charge in [-0.2, -0.15) is 0 Å². The van der Waals surface area contributed by atoms with Crippen LogP contribution in [-0.2, 0) is 6.42 Å². The van der Waals surface area contributed by atoms with Crippen LogP contribution >= 0.6 is 11.3 Å². The average Bonchev–Trinajstić information content (AvgIpc) is 3.36. The number of fused-ring (bicyclic) bond motifs is 5. The minimum Gasteiger partial charge on any atom is -0.393 e. The number of thiophene rings is 1. The van der Waals surface area contributed by atoms with Crippen molar-refractivity contribution in [2.45, 2.75) is 116 Å². The van der Waals surface area contributed by atoms with Gasteiger partial charge in [0.05, 0.1) is 17.8 Å². The summed E-state index contributed by atoms with van der Waals surface area (Å²) < 4.78 is 0. The Labute approximate surface area is 205 Å². The summed E-state index contributed by atoms with van der Waals surface area (Å²) >= 11 is 1.82. The van der Waals surface area contributed by atoms with Crippen molar-refractivity contribution in [2.24, 2.45) is 39.9 Å². The van der Waals surface area contributed by atoms with Gasteiger partial charge < -0.3 is 15.3 Å². The van der Waals surface area contributed by atoms with Crippen LogP contribution < -0.4 is 0 Å². The molecule has 4 aliphatic rings. The predicted molar refractivity (Wildman–Crippen MR) is 135 cm³/mol. The maximum absolute atomic E-state index is 11.8. The van der Waals surface area contributed by atoms with Crippen LogP contribution in [-0.4, -0.2) is 33.1 Å². The minimum absolute atomic E-state index is 0.123. The van der Waals surface area contributed by atoms with E-state index in [0.717, 1.165) is 51.4 Å². The maximum atomic E-state index is 11.8. The molecule has 3 nitrogen and oxygen atoms in total. The Morgan fingerprint density at radius 1 is 0.970 bits per heavy atom. The van der Waals surface area contributed by atoms with Gasteiger partial charge in [0.25, 0.3) is 0 Å². The highest BCUT2D eigenvalue weighted by atomic mass is 32.1. The molecule has 0 amide bonds. The summed E-state index contributed by atoms with van der Waals surface area (Å²) in [5.41, 5.74) is -0.195. The zero-order valence-electron chi connectivity index (χ0n) is 21.2. The molecule has 1 unspecified atom stereocenters. The SMILES string of the molecule is C[C@]12CC[C@H](O)C[C@@H]1[C@@H](O)CC1[C@@H]2CC[C@]2(C)[C@@H]([C@@](C)(O)CCCc3cccs3)CC[C@@]12C. The van der Waals surface area contributed by atoms with Crippen LogP contribution in [0.3, 0.4) is 0 Å². The van der Waals surface area contributed by atoms with E-state index in [0.29, 0.717) is 17.8 Å². The number of rotatable bonds is 5. The minimum atomic E-state index is -0.634. The fourth-order valence-electron chi connectivity index (χ4n) is 9.90. The lowest BCUT2D eigenvalue weighted by Crippen LogP contribution is -2.62. The molecule has 4 fully saturated rings. The lowest BCUT2D eigenvalue weighted by Gasteiger charge is -2.66. The molecule has 1 heterocycles. The van der Waals surface area contributed by atoms with E-state index < -0.39 is 5.60 Å². The predicted octanol–water partition coefficient (Wildman–Crippen LogP) is 6.20. The largest absolute Gasteiger partial charge is 0.393 e. The smallest absolute Gasteiger partial charge is 0.0653 e. The molecule has 0 aliphatic heterocycles. The third kappa shape index (κ3) is 3.69. The molecule has 5 rings (SSSR count). The normalized spacial score (nSPS) is 49.1. The molecular formula is C29H46O3S. The first-order chi connectivity index (χ1) is 15.5. The van der Waals surface area contributed by atoms with Crippen LogP contribution in [0, 0.1) is 39.9 Å². The summed E-state index contributed by atoms with van der Waals surface area (Å²) in [7, 11) is 0. The molecule has 4 saturated carbocycles. The van der Waals surface area contributed by atoms with E-state index in [-0.39, 0.29) is 34.4 Å². The Kier molecular flexibility index (Phi) is 6.12. The molecule has 0 bridgehead atoms. The number of aryl methyl sites for hydroxylation is 1. The first-order valence-electron chi connectivity index (χ1n) is 13.6. The van der Waals surface area contributed by atoms with Gasteiger partial charge in [-0.05, 0) is 129 Å². The summed E-state index contributed by atoms with van der Waals surface area (Å²) in [6.45, 7) is 9.55. The standard InChI is InChI=1S/C29H46O3S/c1-26-13-9-19(30)17-23(26)24(31)18-22-21(26)10-14-28(3)25(11-15-27(22,28)2)29(4,32)12-5-7-20-8-6-16-33-20/h6,8,16,19,21-25,30-32H,5,7,9-15,17-18H2,1-4H3/t19-,21-,22?,23+,24-,25-,26+,27-,28+,29-/m0/s1. The van der Waals surface area contributed by atoms with E-state index in [1.54, 1.807) is 0 Å². The molecule has 3 N–H and O–H groups in total. The van der Waals surface area contributed by atoms with Gasteiger partial charge in [0, 0.05) is 4.88 Å². The fraction of sp³-hybridized carbons (Fsp3) is 0.862. The van der Waals surface area contributed by atoms with Gasteiger partial charge in [0.2, 0.25) is 0 Å². The number of hydrogen-bond donors (Lipinski definition) is 3. The molecule has 33 heavy (non-hydrogen) atoms. The van der Waals surface area contributed by atoms with Crippen molar-refractivity contribution >= 4 is 11.3 Å². The van der Waals surface area contributed by atoms with Crippen molar-refractivity contribution in [3.8, 4) is 0 Å². The summed E-state index contributed by atoms with van der Waals surface area (Å²) in [5, 5.41) is 35.6. The van der Waals surface area contributed by atoms with E-state index in [4.69, 9.17) is 0 Å². The van der Waals surface area contributed by atoms with E-state index >= 15 is 0 Å². The van der Waals surface area contributed by atoms with Gasteiger partial charge in [0.15, 0.2) is 0 Å². The van der Waals surface area contributed by atoms with E-state index in [1.807, 2.05) is 11.3 Å². The van der Waals surface area contributed by atoms with Gasteiger partial charge in [-0.1, -0.05) is 26.8 Å². The highest BCUT2D eigenvalue weighted by Gasteiger charge is 2.68. The molecule has 0 aromatic carbocycles. The van der Waals surface area contributed by atoms with Crippen molar-refractivity contribution in [1.82, 2.24) is 0 Å². The van der Waals surface area contributed by atoms with E-state index in [2.05, 4.69) is 45.2 Å². The molecule has 186 valence electrons. The number of hydrogen-bond acceptors (Lipinski definition) is 4. The quantitative estimate of drug-likeness (QED) is 0.476. The van der Waals surface area contributed by atoms with Crippen LogP contribution in [0.4, 0.5) is 0 Å². The van der Waals surface area contributed by atoms with Crippen LogP contribution in [0.2, 0.25) is 0 Å². The molecule has 1 aromatic heterocycles. The molecule has 0 saturated heterocycles. The maximum Gasteiger partial charge on any atom is 0.0653 e. The first kappa shape index (κ1) is 24.3. The van der Waals surface area contributed by atoms with Gasteiger partial charge in [-0.3, -0.25) is 0 Å². The van der Waals surface area contributed by atoms with Crippen LogP contribution in [0.15, 0.2) is 17.5 Å². The summed E-state index contributed by atoms with van der Waals surface area (Å²) in [5.74, 6) is 1.73. The lowest BCUT2D eigenvalue weighted by molar-refractivity contribution is -0.206. The van der Waals surface area contributed by atoms with Gasteiger partial charge in [0.1, 0.15) is 0 Å². The molecule has 0 spiro atoms. The number of aliphatic hydroxyl groups is 3. The number of aliphatic hydroxyl groups excluding tert-OH is 2. The molecule has 0 radical (unpaired) electrons. The molecule has 1 aromatic rings. The Morgan fingerprint density at radius 3 is 2.45 bits per heavy atom. The van der Waals surface area contributed by atoms with Gasteiger partial charge in [-0.15, -0.1) is 11.3 Å². The van der Waals surface area contributed by atoms with Crippen LogP contribution in [0.1, 0.15) is 96.8 Å². The highest BCUT2D eigenvalue weighted by Crippen LogP contribution is 2.73. The Morgan fingerprint density at radius 2 is 1.73 bits per heavy atom. The topological polar surface area (TPSA) is 60.7 Å². The van der Waals surface area contributed by atoms with Gasteiger partial charge >= 0.3 is 0 Å². The Balaban J connectivity index is 1.36. The van der Waals surface area contributed by atoms with Crippen molar-refractivity contribution in [3.05, 3.63) is 22.4 Å². The third-order valence-electron chi connectivity index (χ3n) is 11.9. The lowest BCUT2D eigenvalue weighted by atomic mass is 9.39. The van der Waals surface area contributed by atoms with Crippen LogP contribution in [0.25, 0.3) is 0 Å². The fourth-order valence-corrected chi connectivity index (χ4v) is 10.7. The zero-order valence-corrected chi connectivity index (χ0v) is 22.0. The van der Waals surface area contributed by atoms with Gasteiger partial charge in [-0.25, -0.2) is 0 Å². The van der Waals surface area contributed by atoms with Crippen molar-refractivity contribution < 1.29 is 15.3 Å². The second-order valence-corrected chi connectivity index (χ2v) is 14.3. The summed E-state index contributed by atoms with van der Waals surface area (Å²) in [4.78, 5) is 1.42. The Bertz CT molecular complexity index is 836. The summed E-state index contributed by atoms with van der Waals surface area (Å²) in [6, 6.07) is 4.33. The van der Waals surface area contributed by atoms with Crippen molar-refractivity contribution in [2.75, 3.05) is 0 Å². The molecule has 10 atom stereocenters. The second kappa shape index (κ2) is 8.32. The summed E-state index contributed by atoms with van der Waals surface area (Å²) in [6.07, 6.45) is 10.7. The monoisotopic (exact) mass is 474 g/mol. The molecular weight excluding hydrogens is 428 g/mol. The average molecular weight is 475 g/mol. The molecule has 4 aliphatic carbocycles. The van der Waals surface area contributed by atoms with E-state index in [1.165, 1.54) is 24.1 Å². The van der Waals surface area contributed by atoms with Crippen LogP contribution in [0.5, 0.6) is 0 Å². The highest BCUT2D eigenvalue weighted by molar-refractivity contribution is 7.09. The third-order valence-corrected chi connectivity index (χ3v) is 12.9. The zero-order chi connectivity index (χ0) is 23.6. The van der Waals surface area contributed by atoms with Crippen molar-refractivity contribution in [1.29, 1.82) is 0 Å². The van der Waals surface area contributed by atoms with E-state index in [9.17, 15) is 15.3 Å². The molecule has 4 heteroatoms. The Hall–Kier alpha value is -0.420. The van der Waals surface area contributed by atoms with Crippen molar-refractivity contribution in [3.63, 3.8) is 0 Å².